The fourth-order valence-corrected chi connectivity index (χ4v) is 2.12. The van der Waals surface area contributed by atoms with Crippen molar-refractivity contribution in [3.05, 3.63) is 40.9 Å². The summed E-state index contributed by atoms with van der Waals surface area (Å²) in [6.07, 6.45) is 1.83. The van der Waals surface area contributed by atoms with Gasteiger partial charge in [-0.05, 0) is 24.3 Å². The molecule has 0 radical (unpaired) electrons. The molecule has 0 saturated carbocycles. The monoisotopic (exact) mass is 309 g/mol. The Hall–Kier alpha value is -1.92. The van der Waals surface area contributed by atoms with Gasteiger partial charge in [0, 0.05) is 35.1 Å². The molecule has 0 aliphatic rings. The average Bonchev–Trinajstić information content (AvgIpc) is 2.92. The second kappa shape index (κ2) is 7.02. The number of carbonyl (C=O) groups is 2. The molecule has 0 bridgehead atoms. The van der Waals surface area contributed by atoms with Crippen LogP contribution in [0.15, 0.2) is 35.8 Å². The lowest BCUT2D eigenvalue weighted by Gasteiger charge is -2.05. The lowest BCUT2D eigenvalue weighted by atomic mass is 10.2. The molecule has 2 rings (SSSR count). The fourth-order valence-electron chi connectivity index (χ4n) is 1.45. The number of nitrogens with zero attached hydrogens (tertiary/aromatic N) is 1. The SMILES string of the molecule is O=C(CCC(=O)Nc1nccs1)Nc1ccc(Cl)cc1. The highest BCUT2D eigenvalue weighted by Gasteiger charge is 2.08. The number of amides is 2. The zero-order valence-electron chi connectivity index (χ0n) is 10.4. The van der Waals surface area contributed by atoms with Gasteiger partial charge in [0.25, 0.3) is 0 Å². The number of rotatable bonds is 5. The maximum Gasteiger partial charge on any atom is 0.226 e. The molecule has 0 saturated heterocycles. The highest BCUT2D eigenvalue weighted by molar-refractivity contribution is 7.13. The molecule has 1 heterocycles. The molecular formula is C13H12ClN3O2S. The van der Waals surface area contributed by atoms with Crippen LogP contribution in [0, 0.1) is 0 Å². The van der Waals surface area contributed by atoms with Crippen molar-refractivity contribution in [1.82, 2.24) is 4.98 Å². The van der Waals surface area contributed by atoms with Crippen LogP contribution in [0.25, 0.3) is 0 Å². The normalized spacial score (nSPS) is 10.1. The third kappa shape index (κ3) is 4.64. The number of aromatic nitrogens is 1. The number of hydrogen-bond donors (Lipinski definition) is 2. The van der Waals surface area contributed by atoms with Crippen LogP contribution >= 0.6 is 22.9 Å². The molecular weight excluding hydrogens is 298 g/mol. The van der Waals surface area contributed by atoms with Crippen molar-refractivity contribution in [2.75, 3.05) is 10.6 Å². The van der Waals surface area contributed by atoms with E-state index in [9.17, 15) is 9.59 Å². The van der Waals surface area contributed by atoms with Crippen molar-refractivity contribution < 1.29 is 9.59 Å². The third-order valence-corrected chi connectivity index (χ3v) is 3.33. The van der Waals surface area contributed by atoms with Gasteiger partial charge in [0.2, 0.25) is 11.8 Å². The van der Waals surface area contributed by atoms with E-state index in [-0.39, 0.29) is 24.7 Å². The van der Waals surface area contributed by atoms with Crippen molar-refractivity contribution in [2.45, 2.75) is 12.8 Å². The molecule has 2 N–H and O–H groups in total. The summed E-state index contributed by atoms with van der Waals surface area (Å²) in [4.78, 5) is 27.2. The number of nitrogens with one attached hydrogen (secondary N) is 2. The first-order valence-electron chi connectivity index (χ1n) is 5.88. The van der Waals surface area contributed by atoms with E-state index in [2.05, 4.69) is 15.6 Å². The molecule has 1 aromatic carbocycles. The fraction of sp³-hybridized carbons (Fsp3) is 0.154. The van der Waals surface area contributed by atoms with Gasteiger partial charge in [0.15, 0.2) is 5.13 Å². The number of thiazole rings is 1. The first-order valence-corrected chi connectivity index (χ1v) is 7.14. The van der Waals surface area contributed by atoms with Gasteiger partial charge < -0.3 is 10.6 Å². The quantitative estimate of drug-likeness (QED) is 0.891. The zero-order chi connectivity index (χ0) is 14.4. The number of hydrogen-bond acceptors (Lipinski definition) is 4. The first kappa shape index (κ1) is 14.5. The maximum absolute atomic E-state index is 11.7. The van der Waals surface area contributed by atoms with Crippen molar-refractivity contribution in [1.29, 1.82) is 0 Å². The lowest BCUT2D eigenvalue weighted by Crippen LogP contribution is -2.17. The summed E-state index contributed by atoms with van der Waals surface area (Å²) >= 11 is 7.08. The van der Waals surface area contributed by atoms with E-state index in [1.165, 1.54) is 11.3 Å². The van der Waals surface area contributed by atoms with E-state index in [4.69, 9.17) is 11.6 Å². The van der Waals surface area contributed by atoms with E-state index >= 15 is 0 Å². The lowest BCUT2D eigenvalue weighted by molar-refractivity contribution is -0.121. The maximum atomic E-state index is 11.7. The van der Waals surface area contributed by atoms with Crippen LogP contribution in [0.3, 0.4) is 0 Å². The summed E-state index contributed by atoms with van der Waals surface area (Å²) in [7, 11) is 0. The van der Waals surface area contributed by atoms with Gasteiger partial charge in [0.1, 0.15) is 0 Å². The van der Waals surface area contributed by atoms with Crippen molar-refractivity contribution in [3.63, 3.8) is 0 Å². The molecule has 5 nitrogen and oxygen atoms in total. The number of anilines is 2. The standard InChI is InChI=1S/C13H12ClN3O2S/c14-9-1-3-10(4-2-9)16-11(18)5-6-12(19)17-13-15-7-8-20-13/h1-4,7-8H,5-6H2,(H,16,18)(H,15,17,19). The van der Waals surface area contributed by atoms with E-state index in [1.54, 1.807) is 35.8 Å². The summed E-state index contributed by atoms with van der Waals surface area (Å²) in [5.41, 5.74) is 0.653. The highest BCUT2D eigenvalue weighted by atomic mass is 35.5. The Labute approximate surface area is 125 Å². The molecule has 2 amide bonds. The molecule has 1 aromatic heterocycles. The summed E-state index contributed by atoms with van der Waals surface area (Å²) < 4.78 is 0. The summed E-state index contributed by atoms with van der Waals surface area (Å²) in [5, 5.41) is 8.22. The Kier molecular flexibility index (Phi) is 5.09. The van der Waals surface area contributed by atoms with Gasteiger partial charge in [-0.3, -0.25) is 9.59 Å². The van der Waals surface area contributed by atoms with Crippen LogP contribution in [0.5, 0.6) is 0 Å². The van der Waals surface area contributed by atoms with Crippen molar-refractivity contribution in [3.8, 4) is 0 Å². The molecule has 0 fully saturated rings. The van der Waals surface area contributed by atoms with Gasteiger partial charge in [-0.1, -0.05) is 11.6 Å². The second-order valence-corrected chi connectivity index (χ2v) is 5.27. The van der Waals surface area contributed by atoms with E-state index in [0.717, 1.165) is 0 Å². The molecule has 7 heteroatoms. The van der Waals surface area contributed by atoms with Crippen molar-refractivity contribution in [2.24, 2.45) is 0 Å². The van der Waals surface area contributed by atoms with E-state index in [0.29, 0.717) is 15.8 Å². The Morgan fingerprint density at radius 2 is 1.75 bits per heavy atom. The number of carbonyl (C=O) groups excluding carboxylic acids is 2. The first-order chi connectivity index (χ1) is 9.63. The van der Waals surface area contributed by atoms with Gasteiger partial charge in [-0.25, -0.2) is 4.98 Å². The third-order valence-electron chi connectivity index (χ3n) is 2.39. The van der Waals surface area contributed by atoms with Crippen molar-refractivity contribution >= 4 is 45.6 Å². The van der Waals surface area contributed by atoms with Crippen LogP contribution in [0.4, 0.5) is 10.8 Å². The molecule has 20 heavy (non-hydrogen) atoms. The Morgan fingerprint density at radius 1 is 1.10 bits per heavy atom. The average molecular weight is 310 g/mol. The molecule has 0 aliphatic heterocycles. The van der Waals surface area contributed by atoms with E-state index < -0.39 is 0 Å². The largest absolute Gasteiger partial charge is 0.326 e. The molecule has 0 aliphatic carbocycles. The zero-order valence-corrected chi connectivity index (χ0v) is 12.0. The van der Waals surface area contributed by atoms with Crippen LogP contribution < -0.4 is 10.6 Å². The van der Waals surface area contributed by atoms with Gasteiger partial charge >= 0.3 is 0 Å². The summed E-state index contributed by atoms with van der Waals surface area (Å²) in [5.74, 6) is -0.451. The molecule has 2 aromatic rings. The molecule has 0 unspecified atom stereocenters. The topological polar surface area (TPSA) is 71.1 Å². The van der Waals surface area contributed by atoms with Crippen LogP contribution in [-0.4, -0.2) is 16.8 Å². The summed E-state index contributed by atoms with van der Waals surface area (Å²) in [6, 6.07) is 6.78. The molecule has 104 valence electrons. The minimum absolute atomic E-state index is 0.110. The molecule has 0 atom stereocenters. The smallest absolute Gasteiger partial charge is 0.226 e. The number of halogens is 1. The predicted octanol–water partition coefficient (Wildman–Crippen LogP) is 3.15. The van der Waals surface area contributed by atoms with Gasteiger partial charge in [-0.15, -0.1) is 11.3 Å². The van der Waals surface area contributed by atoms with Crippen LogP contribution in [0.2, 0.25) is 5.02 Å². The van der Waals surface area contributed by atoms with Gasteiger partial charge in [-0.2, -0.15) is 0 Å². The minimum Gasteiger partial charge on any atom is -0.326 e. The Balaban J connectivity index is 1.74. The second-order valence-electron chi connectivity index (χ2n) is 3.94. The summed E-state index contributed by atoms with van der Waals surface area (Å²) in [6.45, 7) is 0. The predicted molar refractivity (Wildman–Crippen MR) is 80.1 cm³/mol. The number of benzene rings is 1. The minimum atomic E-state index is -0.230. The van der Waals surface area contributed by atoms with E-state index in [1.807, 2.05) is 0 Å². The highest BCUT2D eigenvalue weighted by Crippen LogP contribution is 2.14. The molecule has 0 spiro atoms. The Bertz CT molecular complexity index is 584. The van der Waals surface area contributed by atoms with Crippen LogP contribution in [-0.2, 0) is 9.59 Å². The van der Waals surface area contributed by atoms with Gasteiger partial charge in [0.05, 0.1) is 0 Å². The Morgan fingerprint density at radius 3 is 2.35 bits per heavy atom. The van der Waals surface area contributed by atoms with Crippen LogP contribution in [0.1, 0.15) is 12.8 Å².